The van der Waals surface area contributed by atoms with Crippen molar-refractivity contribution in [1.82, 2.24) is 0 Å². The van der Waals surface area contributed by atoms with Crippen molar-refractivity contribution >= 4 is 11.6 Å². The van der Waals surface area contributed by atoms with E-state index in [1.807, 2.05) is 25.1 Å². The summed E-state index contributed by atoms with van der Waals surface area (Å²) >= 11 is 0. The number of amides is 1. The molecule has 1 heterocycles. The number of rotatable bonds is 2. The smallest absolute Gasteiger partial charge is 0.228 e. The Bertz CT molecular complexity index is 401. The fraction of sp³-hybridized carbons (Fsp3) is 0.364. The van der Waals surface area contributed by atoms with Crippen LogP contribution in [0.3, 0.4) is 0 Å². The van der Waals surface area contributed by atoms with Gasteiger partial charge in [0.1, 0.15) is 0 Å². The number of fused-ring (bicyclic) bond motifs is 1. The van der Waals surface area contributed by atoms with E-state index in [-0.39, 0.29) is 18.0 Å². The second kappa shape index (κ2) is 3.64. The molecule has 1 aliphatic heterocycles. The largest absolute Gasteiger partial charge is 0.326 e. The lowest BCUT2D eigenvalue weighted by Gasteiger charge is -2.16. The van der Waals surface area contributed by atoms with Crippen molar-refractivity contribution in [3.63, 3.8) is 0 Å². The molecule has 1 aliphatic rings. The number of carbonyl (C=O) groups excluding carboxylic acids is 1. The van der Waals surface area contributed by atoms with Crippen LogP contribution in [-0.4, -0.2) is 11.9 Å². The van der Waals surface area contributed by atoms with Crippen molar-refractivity contribution in [2.75, 3.05) is 5.32 Å². The fourth-order valence-corrected chi connectivity index (χ4v) is 1.76. The van der Waals surface area contributed by atoms with Gasteiger partial charge in [-0.2, -0.15) is 0 Å². The van der Waals surface area contributed by atoms with Crippen LogP contribution in [0.1, 0.15) is 24.1 Å². The van der Waals surface area contributed by atoms with Crippen LogP contribution in [0.2, 0.25) is 0 Å². The van der Waals surface area contributed by atoms with Crippen LogP contribution in [0.4, 0.5) is 5.69 Å². The van der Waals surface area contributed by atoms with E-state index in [0.29, 0.717) is 6.42 Å². The molecule has 1 amide bonds. The number of nitrogens with two attached hydrogens (primary N) is 2. The van der Waals surface area contributed by atoms with Gasteiger partial charge in [0.25, 0.3) is 0 Å². The number of carbonyl (C=O) groups is 1. The number of hydrogen-bond donors (Lipinski definition) is 3. The van der Waals surface area contributed by atoms with Gasteiger partial charge >= 0.3 is 0 Å². The molecule has 2 rings (SSSR count). The van der Waals surface area contributed by atoms with Gasteiger partial charge in [-0.05, 0) is 24.1 Å². The average Bonchev–Trinajstić information content (AvgIpc) is 2.55. The van der Waals surface area contributed by atoms with Crippen LogP contribution in [0.15, 0.2) is 18.2 Å². The van der Waals surface area contributed by atoms with Crippen molar-refractivity contribution in [3.8, 4) is 0 Å². The topological polar surface area (TPSA) is 81.1 Å². The van der Waals surface area contributed by atoms with E-state index < -0.39 is 0 Å². The lowest BCUT2D eigenvalue weighted by Crippen LogP contribution is -2.31. The maximum absolute atomic E-state index is 11.1. The van der Waals surface area contributed by atoms with Gasteiger partial charge in [0.15, 0.2) is 0 Å². The van der Waals surface area contributed by atoms with Crippen molar-refractivity contribution in [2.45, 2.75) is 25.4 Å². The Morgan fingerprint density at radius 1 is 1.40 bits per heavy atom. The zero-order chi connectivity index (χ0) is 11.0. The molecule has 5 N–H and O–H groups in total. The zero-order valence-corrected chi connectivity index (χ0v) is 8.66. The molecule has 4 nitrogen and oxygen atoms in total. The van der Waals surface area contributed by atoms with E-state index in [0.717, 1.165) is 16.8 Å². The van der Waals surface area contributed by atoms with Crippen molar-refractivity contribution in [1.29, 1.82) is 0 Å². The Balaban J connectivity index is 2.31. The molecule has 15 heavy (non-hydrogen) atoms. The zero-order valence-electron chi connectivity index (χ0n) is 8.66. The minimum atomic E-state index is -0.175. The van der Waals surface area contributed by atoms with Gasteiger partial charge in [0.05, 0.1) is 6.42 Å². The molecule has 2 atom stereocenters. The number of anilines is 1. The monoisotopic (exact) mass is 205 g/mol. The molecule has 0 saturated carbocycles. The second-order valence-electron chi connectivity index (χ2n) is 4.03. The van der Waals surface area contributed by atoms with E-state index in [1.54, 1.807) is 0 Å². The minimum absolute atomic E-state index is 0.0384. The molecule has 0 saturated heterocycles. The van der Waals surface area contributed by atoms with Gasteiger partial charge in [-0.3, -0.25) is 4.79 Å². The van der Waals surface area contributed by atoms with Crippen LogP contribution < -0.4 is 16.8 Å². The maximum atomic E-state index is 11.1. The van der Waals surface area contributed by atoms with Crippen LogP contribution >= 0.6 is 0 Å². The van der Waals surface area contributed by atoms with Crippen LogP contribution in [0.5, 0.6) is 0 Å². The molecule has 2 unspecified atom stereocenters. The average molecular weight is 205 g/mol. The molecule has 0 aliphatic carbocycles. The van der Waals surface area contributed by atoms with E-state index in [1.165, 1.54) is 0 Å². The first-order valence-corrected chi connectivity index (χ1v) is 5.02. The van der Waals surface area contributed by atoms with E-state index >= 15 is 0 Å². The number of hydrogen-bond acceptors (Lipinski definition) is 3. The minimum Gasteiger partial charge on any atom is -0.326 e. The Morgan fingerprint density at radius 2 is 2.13 bits per heavy atom. The normalized spacial score (nSPS) is 18.2. The SMILES string of the molecule is CC(N)C(N)c1ccc2c(c1)CC(=O)N2. The predicted octanol–water partition coefficient (Wildman–Crippen LogP) is 0.528. The molecular formula is C11H15N3O. The van der Waals surface area contributed by atoms with Gasteiger partial charge in [-0.25, -0.2) is 0 Å². The molecule has 0 fully saturated rings. The molecular weight excluding hydrogens is 190 g/mol. The first-order chi connectivity index (χ1) is 7.08. The summed E-state index contributed by atoms with van der Waals surface area (Å²) < 4.78 is 0. The van der Waals surface area contributed by atoms with E-state index in [9.17, 15) is 4.79 Å². The molecule has 4 heteroatoms. The van der Waals surface area contributed by atoms with E-state index in [2.05, 4.69) is 5.32 Å². The van der Waals surface area contributed by atoms with Crippen LogP contribution in [-0.2, 0) is 11.2 Å². The second-order valence-corrected chi connectivity index (χ2v) is 4.03. The highest BCUT2D eigenvalue weighted by molar-refractivity contribution is 5.99. The predicted molar refractivity (Wildman–Crippen MR) is 59.4 cm³/mol. The van der Waals surface area contributed by atoms with E-state index in [4.69, 9.17) is 11.5 Å². The summed E-state index contributed by atoms with van der Waals surface area (Å²) in [6.07, 6.45) is 0.439. The summed E-state index contributed by atoms with van der Waals surface area (Å²) in [6.45, 7) is 1.88. The van der Waals surface area contributed by atoms with Gasteiger partial charge in [0, 0.05) is 17.8 Å². The highest BCUT2D eigenvalue weighted by Gasteiger charge is 2.19. The van der Waals surface area contributed by atoms with Gasteiger partial charge in [0.2, 0.25) is 5.91 Å². The summed E-state index contributed by atoms with van der Waals surface area (Å²) in [6, 6.07) is 5.50. The first-order valence-electron chi connectivity index (χ1n) is 5.02. The summed E-state index contributed by atoms with van der Waals surface area (Å²) in [4.78, 5) is 11.1. The third kappa shape index (κ3) is 1.86. The highest BCUT2D eigenvalue weighted by atomic mass is 16.1. The molecule has 1 aromatic rings. The summed E-state index contributed by atoms with van der Waals surface area (Å²) in [5, 5.41) is 2.78. The fourth-order valence-electron chi connectivity index (χ4n) is 1.76. The lowest BCUT2D eigenvalue weighted by atomic mass is 9.99. The quantitative estimate of drug-likeness (QED) is 0.658. The first kappa shape index (κ1) is 10.1. The summed E-state index contributed by atoms with van der Waals surface area (Å²) in [5.74, 6) is 0.0384. The molecule has 1 aromatic carbocycles. The van der Waals surface area contributed by atoms with Crippen molar-refractivity contribution < 1.29 is 4.79 Å². The van der Waals surface area contributed by atoms with Gasteiger partial charge in [-0.15, -0.1) is 0 Å². The number of benzene rings is 1. The lowest BCUT2D eigenvalue weighted by molar-refractivity contribution is -0.115. The Labute approximate surface area is 88.6 Å². The molecule has 0 spiro atoms. The Morgan fingerprint density at radius 3 is 2.80 bits per heavy atom. The Hall–Kier alpha value is -1.39. The molecule has 0 radical (unpaired) electrons. The highest BCUT2D eigenvalue weighted by Crippen LogP contribution is 2.26. The third-order valence-corrected chi connectivity index (χ3v) is 2.71. The summed E-state index contributed by atoms with van der Waals surface area (Å²) in [7, 11) is 0. The maximum Gasteiger partial charge on any atom is 0.228 e. The molecule has 0 bridgehead atoms. The van der Waals surface area contributed by atoms with Crippen LogP contribution in [0.25, 0.3) is 0 Å². The van der Waals surface area contributed by atoms with Gasteiger partial charge < -0.3 is 16.8 Å². The van der Waals surface area contributed by atoms with Crippen LogP contribution in [0, 0.1) is 0 Å². The standard InChI is InChI=1S/C11H15N3O/c1-6(12)11(13)7-2-3-9-8(4-7)5-10(15)14-9/h2-4,6,11H,5,12-13H2,1H3,(H,14,15). The van der Waals surface area contributed by atoms with Gasteiger partial charge in [-0.1, -0.05) is 12.1 Å². The molecule has 80 valence electrons. The molecule has 0 aromatic heterocycles. The summed E-state index contributed by atoms with van der Waals surface area (Å²) in [5.41, 5.74) is 14.6. The third-order valence-electron chi connectivity index (χ3n) is 2.71. The van der Waals surface area contributed by atoms with Crippen molar-refractivity contribution in [3.05, 3.63) is 29.3 Å². The number of nitrogens with one attached hydrogen (secondary N) is 1. The van der Waals surface area contributed by atoms with Crippen molar-refractivity contribution in [2.24, 2.45) is 11.5 Å². The Kier molecular flexibility index (Phi) is 2.46.